The molecule has 1 aromatic heterocycles. The van der Waals surface area contributed by atoms with E-state index < -0.39 is 17.5 Å². The first-order chi connectivity index (χ1) is 14.0. The highest BCUT2D eigenvalue weighted by Gasteiger charge is 2.23. The highest BCUT2D eigenvalue weighted by atomic mass is 19.1. The number of nitrogens with zero attached hydrogens (tertiary/aromatic N) is 2. The molecule has 3 aromatic rings. The molecule has 0 saturated heterocycles. The molecule has 5 nitrogen and oxygen atoms in total. The number of nitrogens with one attached hydrogen (secondary N) is 1. The number of hydrogen-bond acceptors (Lipinski definition) is 3. The summed E-state index contributed by atoms with van der Waals surface area (Å²) >= 11 is 0. The Morgan fingerprint density at radius 2 is 1.69 bits per heavy atom. The molecule has 0 bridgehead atoms. The fraction of sp³-hybridized carbons (Fsp3) is 0.136. The number of halogens is 2. The van der Waals surface area contributed by atoms with Crippen LogP contribution in [-0.4, -0.2) is 28.2 Å². The van der Waals surface area contributed by atoms with E-state index in [0.29, 0.717) is 19.2 Å². The van der Waals surface area contributed by atoms with Gasteiger partial charge in [-0.2, -0.15) is 0 Å². The minimum Gasteiger partial charge on any atom is -0.333 e. The first kappa shape index (κ1) is 18.7. The summed E-state index contributed by atoms with van der Waals surface area (Å²) in [7, 11) is 0. The first-order valence-electron chi connectivity index (χ1n) is 9.11. The molecule has 0 radical (unpaired) electrons. The molecule has 4 rings (SSSR count). The predicted octanol–water partition coefficient (Wildman–Crippen LogP) is 3.81. The molecule has 2 aromatic carbocycles. The number of rotatable bonds is 3. The predicted molar refractivity (Wildman–Crippen MR) is 103 cm³/mol. The molecule has 0 spiro atoms. The Labute approximate surface area is 166 Å². The summed E-state index contributed by atoms with van der Waals surface area (Å²) in [5.41, 5.74) is 2.25. The SMILES string of the molecule is O=C(Nc1ccc(F)cc1F)c1cccc(C(=O)N2CCc3ccccc3C2)n1. The van der Waals surface area contributed by atoms with Gasteiger partial charge in [0.2, 0.25) is 0 Å². The number of amides is 2. The average molecular weight is 393 g/mol. The molecule has 0 aliphatic carbocycles. The summed E-state index contributed by atoms with van der Waals surface area (Å²) in [6.07, 6.45) is 0.756. The Morgan fingerprint density at radius 1 is 0.931 bits per heavy atom. The molecule has 0 saturated carbocycles. The average Bonchev–Trinajstić information content (AvgIpc) is 2.75. The van der Waals surface area contributed by atoms with Crippen molar-refractivity contribution in [2.75, 3.05) is 11.9 Å². The van der Waals surface area contributed by atoms with E-state index in [0.717, 1.165) is 24.1 Å². The molecular weight excluding hydrogens is 376 g/mol. The first-order valence-corrected chi connectivity index (χ1v) is 9.11. The van der Waals surface area contributed by atoms with E-state index in [-0.39, 0.29) is 23.0 Å². The van der Waals surface area contributed by atoms with Gasteiger partial charge in [0.05, 0.1) is 5.69 Å². The Kier molecular flexibility index (Phi) is 5.03. The molecule has 2 heterocycles. The van der Waals surface area contributed by atoms with E-state index in [9.17, 15) is 18.4 Å². The fourth-order valence-corrected chi connectivity index (χ4v) is 3.29. The summed E-state index contributed by atoms with van der Waals surface area (Å²) in [4.78, 5) is 31.1. The summed E-state index contributed by atoms with van der Waals surface area (Å²) < 4.78 is 26.8. The van der Waals surface area contributed by atoms with Crippen molar-refractivity contribution in [3.8, 4) is 0 Å². The topological polar surface area (TPSA) is 62.3 Å². The lowest BCUT2D eigenvalue weighted by atomic mass is 10.00. The van der Waals surface area contributed by atoms with Gasteiger partial charge in [-0.3, -0.25) is 9.59 Å². The quantitative estimate of drug-likeness (QED) is 0.736. The van der Waals surface area contributed by atoms with Gasteiger partial charge in [0.15, 0.2) is 0 Å². The zero-order chi connectivity index (χ0) is 20.4. The second-order valence-corrected chi connectivity index (χ2v) is 6.73. The third-order valence-electron chi connectivity index (χ3n) is 4.80. The standard InChI is InChI=1S/C22H17F2N3O2/c23-16-8-9-18(17(24)12-16)26-21(28)19-6-3-7-20(25-19)22(29)27-11-10-14-4-1-2-5-15(14)13-27/h1-9,12H,10-11,13H2,(H,26,28). The van der Waals surface area contributed by atoms with Crippen LogP contribution < -0.4 is 5.32 Å². The van der Waals surface area contributed by atoms with Gasteiger partial charge in [-0.1, -0.05) is 30.3 Å². The summed E-state index contributed by atoms with van der Waals surface area (Å²) in [5, 5.41) is 2.34. The highest BCUT2D eigenvalue weighted by Crippen LogP contribution is 2.20. The molecular formula is C22H17F2N3O2. The number of pyridine rings is 1. The van der Waals surface area contributed by atoms with Crippen molar-refractivity contribution in [2.24, 2.45) is 0 Å². The lowest BCUT2D eigenvalue weighted by molar-refractivity contribution is 0.0728. The minimum atomic E-state index is -0.891. The van der Waals surface area contributed by atoms with Gasteiger partial charge in [0.25, 0.3) is 11.8 Å². The van der Waals surface area contributed by atoms with Gasteiger partial charge in [-0.25, -0.2) is 13.8 Å². The van der Waals surface area contributed by atoms with Crippen LogP contribution in [0.15, 0.2) is 60.7 Å². The smallest absolute Gasteiger partial charge is 0.274 e. The number of benzene rings is 2. The second kappa shape index (κ2) is 7.79. The van der Waals surface area contributed by atoms with Crippen LogP contribution in [0.2, 0.25) is 0 Å². The van der Waals surface area contributed by atoms with Crippen molar-refractivity contribution in [2.45, 2.75) is 13.0 Å². The van der Waals surface area contributed by atoms with Crippen LogP contribution in [0, 0.1) is 11.6 Å². The molecule has 0 atom stereocenters. The van der Waals surface area contributed by atoms with Crippen molar-refractivity contribution in [1.82, 2.24) is 9.88 Å². The molecule has 29 heavy (non-hydrogen) atoms. The van der Waals surface area contributed by atoms with Crippen molar-refractivity contribution in [3.05, 3.63) is 94.8 Å². The number of hydrogen-bond donors (Lipinski definition) is 1. The van der Waals surface area contributed by atoms with Crippen molar-refractivity contribution in [1.29, 1.82) is 0 Å². The number of fused-ring (bicyclic) bond motifs is 1. The van der Waals surface area contributed by atoms with Crippen molar-refractivity contribution in [3.63, 3.8) is 0 Å². The molecule has 0 unspecified atom stereocenters. The lowest BCUT2D eigenvalue weighted by Gasteiger charge is -2.28. The van der Waals surface area contributed by atoms with E-state index in [2.05, 4.69) is 16.4 Å². The van der Waals surface area contributed by atoms with E-state index >= 15 is 0 Å². The minimum absolute atomic E-state index is 0.0306. The monoisotopic (exact) mass is 393 g/mol. The van der Waals surface area contributed by atoms with Crippen molar-refractivity contribution < 1.29 is 18.4 Å². The van der Waals surface area contributed by atoms with Crippen LogP contribution in [0.1, 0.15) is 32.1 Å². The third-order valence-corrected chi connectivity index (χ3v) is 4.80. The number of aromatic nitrogens is 1. The normalized spacial score (nSPS) is 13.0. The fourth-order valence-electron chi connectivity index (χ4n) is 3.29. The van der Waals surface area contributed by atoms with Crippen molar-refractivity contribution >= 4 is 17.5 Å². The van der Waals surface area contributed by atoms with E-state index in [1.807, 2.05) is 18.2 Å². The van der Waals surface area contributed by atoms with Crippen LogP contribution in [-0.2, 0) is 13.0 Å². The largest absolute Gasteiger partial charge is 0.333 e. The Bertz CT molecular complexity index is 1100. The summed E-state index contributed by atoms with van der Waals surface area (Å²) in [6, 6.07) is 15.3. The summed E-state index contributed by atoms with van der Waals surface area (Å²) in [5.74, 6) is -2.59. The van der Waals surface area contributed by atoms with Gasteiger partial charge in [0.1, 0.15) is 23.0 Å². The third kappa shape index (κ3) is 3.99. The maximum atomic E-state index is 13.8. The van der Waals surface area contributed by atoms with Gasteiger partial charge in [-0.05, 0) is 41.8 Å². The molecule has 1 aliphatic rings. The maximum absolute atomic E-state index is 13.8. The van der Waals surface area contributed by atoms with Gasteiger partial charge in [-0.15, -0.1) is 0 Å². The second-order valence-electron chi connectivity index (χ2n) is 6.73. The number of carbonyl (C=O) groups is 2. The zero-order valence-electron chi connectivity index (χ0n) is 15.4. The number of carbonyl (C=O) groups excluding carboxylic acids is 2. The Morgan fingerprint density at radius 3 is 2.48 bits per heavy atom. The van der Waals surface area contributed by atoms with E-state index in [1.54, 1.807) is 11.0 Å². The maximum Gasteiger partial charge on any atom is 0.274 e. The lowest BCUT2D eigenvalue weighted by Crippen LogP contribution is -2.36. The van der Waals surface area contributed by atoms with Crippen LogP contribution >= 0.6 is 0 Å². The zero-order valence-corrected chi connectivity index (χ0v) is 15.4. The number of anilines is 1. The molecule has 2 amide bonds. The Balaban J connectivity index is 1.51. The van der Waals surface area contributed by atoms with Crippen LogP contribution in [0.3, 0.4) is 0 Å². The van der Waals surface area contributed by atoms with Gasteiger partial charge in [0, 0.05) is 19.2 Å². The summed E-state index contributed by atoms with van der Waals surface area (Å²) in [6.45, 7) is 1.04. The van der Waals surface area contributed by atoms with Crippen LogP contribution in [0.4, 0.5) is 14.5 Å². The molecule has 7 heteroatoms. The molecule has 0 fully saturated rings. The molecule has 1 N–H and O–H groups in total. The Hall–Kier alpha value is -3.61. The van der Waals surface area contributed by atoms with E-state index in [1.165, 1.54) is 17.7 Å². The van der Waals surface area contributed by atoms with Crippen LogP contribution in [0.25, 0.3) is 0 Å². The van der Waals surface area contributed by atoms with E-state index in [4.69, 9.17) is 0 Å². The molecule has 1 aliphatic heterocycles. The van der Waals surface area contributed by atoms with Gasteiger partial charge < -0.3 is 10.2 Å². The van der Waals surface area contributed by atoms with Gasteiger partial charge >= 0.3 is 0 Å². The van der Waals surface area contributed by atoms with Crippen LogP contribution in [0.5, 0.6) is 0 Å². The highest BCUT2D eigenvalue weighted by molar-refractivity contribution is 6.03. The molecule has 146 valence electrons.